The summed E-state index contributed by atoms with van der Waals surface area (Å²) in [5.74, 6) is 0.353. The molecule has 2 N–H and O–H groups in total. The van der Waals surface area contributed by atoms with Gasteiger partial charge in [0.1, 0.15) is 5.60 Å². The topological polar surface area (TPSA) is 67.8 Å². The van der Waals surface area contributed by atoms with Crippen LogP contribution in [0, 0.1) is 5.92 Å². The zero-order chi connectivity index (χ0) is 19.0. The van der Waals surface area contributed by atoms with Gasteiger partial charge >= 0.3 is 6.09 Å². The highest BCUT2D eigenvalue weighted by molar-refractivity contribution is 5.68. The lowest BCUT2D eigenvalue weighted by Crippen LogP contribution is -2.45. The fourth-order valence-corrected chi connectivity index (χ4v) is 3.42. The van der Waals surface area contributed by atoms with Crippen LogP contribution in [0.4, 0.5) is 4.79 Å². The SMILES string of the molecule is CC(C)(C)OC(=O)NC(CC(O)OCc1ccccc1)C1CCCCC1. The van der Waals surface area contributed by atoms with Gasteiger partial charge in [-0.3, -0.25) is 0 Å². The zero-order valence-corrected chi connectivity index (χ0v) is 16.2. The number of carbonyl (C=O) groups is 1. The first-order valence-corrected chi connectivity index (χ1v) is 9.66. The second-order valence-corrected chi connectivity index (χ2v) is 8.14. The maximum absolute atomic E-state index is 12.2. The van der Waals surface area contributed by atoms with Gasteiger partial charge in [0, 0.05) is 12.5 Å². The fraction of sp³-hybridized carbons (Fsp3) is 0.667. The molecular weight excluding hydrogens is 330 g/mol. The third kappa shape index (κ3) is 7.75. The molecule has 1 saturated carbocycles. The molecule has 0 radical (unpaired) electrons. The van der Waals surface area contributed by atoms with Crippen LogP contribution in [0.3, 0.4) is 0 Å². The van der Waals surface area contributed by atoms with Crippen molar-refractivity contribution < 1.29 is 19.4 Å². The predicted octanol–water partition coefficient (Wildman–Crippen LogP) is 4.39. The van der Waals surface area contributed by atoms with E-state index in [1.165, 1.54) is 6.42 Å². The third-order valence-electron chi connectivity index (χ3n) is 4.66. The summed E-state index contributed by atoms with van der Waals surface area (Å²) in [6, 6.07) is 9.62. The van der Waals surface area contributed by atoms with Crippen LogP contribution in [-0.2, 0) is 16.1 Å². The molecular formula is C21H33NO4. The van der Waals surface area contributed by atoms with E-state index in [1.807, 2.05) is 51.1 Å². The number of aliphatic hydroxyl groups is 1. The smallest absolute Gasteiger partial charge is 0.407 e. The van der Waals surface area contributed by atoms with Crippen molar-refractivity contribution in [1.82, 2.24) is 5.32 Å². The van der Waals surface area contributed by atoms with E-state index in [4.69, 9.17) is 9.47 Å². The van der Waals surface area contributed by atoms with E-state index >= 15 is 0 Å². The number of benzene rings is 1. The van der Waals surface area contributed by atoms with Gasteiger partial charge < -0.3 is 19.9 Å². The highest BCUT2D eigenvalue weighted by Crippen LogP contribution is 2.29. The summed E-state index contributed by atoms with van der Waals surface area (Å²) >= 11 is 0. The van der Waals surface area contributed by atoms with Crippen LogP contribution < -0.4 is 5.32 Å². The largest absolute Gasteiger partial charge is 0.444 e. The normalized spacial score (nSPS) is 18.2. The lowest BCUT2D eigenvalue weighted by Gasteiger charge is -2.33. The highest BCUT2D eigenvalue weighted by Gasteiger charge is 2.29. The summed E-state index contributed by atoms with van der Waals surface area (Å²) in [4.78, 5) is 12.2. The summed E-state index contributed by atoms with van der Waals surface area (Å²) in [6.07, 6.45) is 4.72. The van der Waals surface area contributed by atoms with Gasteiger partial charge in [0.05, 0.1) is 6.61 Å². The lowest BCUT2D eigenvalue weighted by molar-refractivity contribution is -0.119. The second-order valence-electron chi connectivity index (χ2n) is 8.14. The Morgan fingerprint density at radius 1 is 1.19 bits per heavy atom. The molecule has 2 rings (SSSR count). The van der Waals surface area contributed by atoms with E-state index in [1.54, 1.807) is 0 Å². The van der Waals surface area contributed by atoms with Crippen molar-refractivity contribution in [1.29, 1.82) is 0 Å². The van der Waals surface area contributed by atoms with Crippen molar-refractivity contribution in [2.45, 2.75) is 83.8 Å². The van der Waals surface area contributed by atoms with Crippen molar-refractivity contribution in [2.24, 2.45) is 5.92 Å². The maximum atomic E-state index is 12.2. The van der Waals surface area contributed by atoms with Crippen LogP contribution in [0.15, 0.2) is 30.3 Å². The molecule has 1 aliphatic rings. The van der Waals surface area contributed by atoms with E-state index < -0.39 is 18.0 Å². The Kier molecular flexibility index (Phi) is 7.91. The molecule has 1 aliphatic carbocycles. The molecule has 146 valence electrons. The van der Waals surface area contributed by atoms with Crippen molar-refractivity contribution in [3.05, 3.63) is 35.9 Å². The number of amides is 1. The molecule has 0 saturated heterocycles. The number of aliphatic hydroxyl groups excluding tert-OH is 1. The van der Waals surface area contributed by atoms with Crippen LogP contribution in [-0.4, -0.2) is 29.1 Å². The average molecular weight is 363 g/mol. The van der Waals surface area contributed by atoms with Crippen LogP contribution >= 0.6 is 0 Å². The number of nitrogens with one attached hydrogen (secondary N) is 1. The molecule has 5 nitrogen and oxygen atoms in total. The maximum Gasteiger partial charge on any atom is 0.407 e. The molecule has 26 heavy (non-hydrogen) atoms. The van der Waals surface area contributed by atoms with E-state index in [9.17, 15) is 9.90 Å². The lowest BCUT2D eigenvalue weighted by atomic mass is 9.82. The number of alkyl carbamates (subject to hydrolysis) is 1. The zero-order valence-electron chi connectivity index (χ0n) is 16.2. The Balaban J connectivity index is 1.90. The predicted molar refractivity (Wildman–Crippen MR) is 102 cm³/mol. The van der Waals surface area contributed by atoms with Crippen LogP contribution in [0.5, 0.6) is 0 Å². The van der Waals surface area contributed by atoms with E-state index in [2.05, 4.69) is 5.32 Å². The van der Waals surface area contributed by atoms with Crippen molar-refractivity contribution >= 4 is 6.09 Å². The third-order valence-corrected chi connectivity index (χ3v) is 4.66. The van der Waals surface area contributed by atoms with Crippen LogP contribution in [0.25, 0.3) is 0 Å². The standard InChI is InChI=1S/C21H33NO4/c1-21(2,3)26-20(24)22-18(17-12-8-5-9-13-17)14-19(23)25-15-16-10-6-4-7-11-16/h4,6-7,10-11,17-19,23H,5,8-9,12-15H2,1-3H3,(H,22,24). The minimum absolute atomic E-state index is 0.143. The molecule has 1 aromatic carbocycles. The molecule has 0 spiro atoms. The van der Waals surface area contributed by atoms with Gasteiger partial charge in [0.2, 0.25) is 0 Å². The van der Waals surface area contributed by atoms with Crippen molar-refractivity contribution in [3.8, 4) is 0 Å². The first-order valence-electron chi connectivity index (χ1n) is 9.66. The average Bonchev–Trinajstić information content (AvgIpc) is 2.59. The highest BCUT2D eigenvalue weighted by atomic mass is 16.6. The Morgan fingerprint density at radius 3 is 2.46 bits per heavy atom. The molecule has 0 bridgehead atoms. The van der Waals surface area contributed by atoms with Gasteiger partial charge in [-0.05, 0) is 45.1 Å². The molecule has 2 unspecified atom stereocenters. The van der Waals surface area contributed by atoms with Gasteiger partial charge in [-0.15, -0.1) is 0 Å². The second kappa shape index (κ2) is 9.93. The molecule has 5 heteroatoms. The summed E-state index contributed by atoms with van der Waals surface area (Å²) in [6.45, 7) is 5.89. The summed E-state index contributed by atoms with van der Waals surface area (Å²) in [5, 5.41) is 13.3. The van der Waals surface area contributed by atoms with E-state index in [-0.39, 0.29) is 6.04 Å². The Morgan fingerprint density at radius 2 is 1.85 bits per heavy atom. The monoisotopic (exact) mass is 363 g/mol. The first kappa shape index (κ1) is 20.7. The number of rotatable bonds is 7. The minimum Gasteiger partial charge on any atom is -0.444 e. The van der Waals surface area contributed by atoms with Crippen LogP contribution in [0.2, 0.25) is 0 Å². The molecule has 0 aliphatic heterocycles. The quantitative estimate of drug-likeness (QED) is 0.705. The summed E-state index contributed by atoms with van der Waals surface area (Å²) < 4.78 is 11.0. The molecule has 2 atom stereocenters. The molecule has 0 aromatic heterocycles. The Labute approximate surface area is 157 Å². The molecule has 0 heterocycles. The van der Waals surface area contributed by atoms with E-state index in [0.717, 1.165) is 31.2 Å². The summed E-state index contributed by atoms with van der Waals surface area (Å²) in [5.41, 5.74) is 0.477. The van der Waals surface area contributed by atoms with Crippen molar-refractivity contribution in [3.63, 3.8) is 0 Å². The minimum atomic E-state index is -0.919. The molecule has 1 fully saturated rings. The molecule has 1 amide bonds. The first-order chi connectivity index (χ1) is 12.3. The van der Waals surface area contributed by atoms with Crippen molar-refractivity contribution in [2.75, 3.05) is 0 Å². The molecule has 1 aromatic rings. The Hall–Kier alpha value is -1.59. The number of carbonyl (C=O) groups excluding carboxylic acids is 1. The van der Waals surface area contributed by atoms with Gasteiger partial charge in [-0.1, -0.05) is 49.6 Å². The van der Waals surface area contributed by atoms with Gasteiger partial charge in [-0.25, -0.2) is 4.79 Å². The van der Waals surface area contributed by atoms with E-state index in [0.29, 0.717) is 18.9 Å². The van der Waals surface area contributed by atoms with Gasteiger partial charge in [0.15, 0.2) is 6.29 Å². The number of ether oxygens (including phenoxy) is 2. The van der Waals surface area contributed by atoms with Crippen LogP contribution in [0.1, 0.15) is 64.9 Å². The number of hydrogen-bond acceptors (Lipinski definition) is 4. The summed E-state index contributed by atoms with van der Waals surface area (Å²) in [7, 11) is 0. The Bertz CT molecular complexity index is 535. The van der Waals surface area contributed by atoms with Gasteiger partial charge in [0.25, 0.3) is 0 Å². The van der Waals surface area contributed by atoms with Gasteiger partial charge in [-0.2, -0.15) is 0 Å². The fourth-order valence-electron chi connectivity index (χ4n) is 3.42. The number of hydrogen-bond donors (Lipinski definition) is 2.